The average molecular weight is 308 g/mol. The Bertz CT molecular complexity index is 783. The number of fused-ring (bicyclic) bond motifs is 1. The summed E-state index contributed by atoms with van der Waals surface area (Å²) in [5.41, 5.74) is 1.65. The van der Waals surface area contributed by atoms with Gasteiger partial charge in [-0.15, -0.1) is 0 Å². The topological polar surface area (TPSA) is 42.3 Å². The molecular formula is C15H17FN2O2S. The maximum Gasteiger partial charge on any atom is 0.246 e. The predicted octanol–water partition coefficient (Wildman–Crippen LogP) is 2.70. The van der Waals surface area contributed by atoms with E-state index in [-0.39, 0.29) is 10.9 Å². The molecule has 1 aromatic carbocycles. The van der Waals surface area contributed by atoms with Crippen LogP contribution in [0.1, 0.15) is 24.2 Å². The fourth-order valence-corrected chi connectivity index (χ4v) is 4.57. The second-order valence-corrected chi connectivity index (χ2v) is 7.21. The summed E-state index contributed by atoms with van der Waals surface area (Å²) in [6.45, 7) is 4.51. The number of aryl methyl sites for hydroxylation is 1. The van der Waals surface area contributed by atoms with Gasteiger partial charge in [-0.1, -0.05) is 6.07 Å². The molecule has 2 heterocycles. The van der Waals surface area contributed by atoms with E-state index in [1.807, 2.05) is 29.8 Å². The summed E-state index contributed by atoms with van der Waals surface area (Å²) in [4.78, 5) is -0.241. The second-order valence-electron chi connectivity index (χ2n) is 5.35. The lowest BCUT2D eigenvalue weighted by Crippen LogP contribution is -2.40. The van der Waals surface area contributed by atoms with Crippen LogP contribution in [0, 0.1) is 12.7 Å². The minimum atomic E-state index is -3.84. The van der Waals surface area contributed by atoms with Crippen LogP contribution in [-0.4, -0.2) is 23.8 Å². The van der Waals surface area contributed by atoms with Crippen molar-refractivity contribution < 1.29 is 12.8 Å². The molecule has 112 valence electrons. The molecule has 0 saturated carbocycles. The van der Waals surface area contributed by atoms with Crippen LogP contribution in [0.5, 0.6) is 0 Å². The van der Waals surface area contributed by atoms with Crippen molar-refractivity contribution in [3.8, 4) is 0 Å². The van der Waals surface area contributed by atoms with E-state index in [1.165, 1.54) is 16.4 Å². The molecular weight excluding hydrogens is 291 g/mol. The fraction of sp³-hybridized carbons (Fsp3) is 0.333. The molecule has 0 aliphatic carbocycles. The molecule has 0 fully saturated rings. The molecule has 1 aliphatic heterocycles. The molecule has 0 bridgehead atoms. The highest BCUT2D eigenvalue weighted by Crippen LogP contribution is 2.32. The lowest BCUT2D eigenvalue weighted by molar-refractivity contribution is 0.281. The molecule has 0 amide bonds. The molecule has 4 nitrogen and oxygen atoms in total. The van der Waals surface area contributed by atoms with Gasteiger partial charge in [0.15, 0.2) is 0 Å². The summed E-state index contributed by atoms with van der Waals surface area (Å²) in [6.07, 6.45) is 1.93. The molecule has 21 heavy (non-hydrogen) atoms. The largest absolute Gasteiger partial charge is 0.349 e. The van der Waals surface area contributed by atoms with Crippen LogP contribution < -0.4 is 0 Å². The smallest absolute Gasteiger partial charge is 0.246 e. The molecule has 0 spiro atoms. The molecule has 2 aromatic rings. The number of nitrogens with zero attached hydrogens (tertiary/aromatic N) is 2. The van der Waals surface area contributed by atoms with Crippen molar-refractivity contribution >= 4 is 10.0 Å². The zero-order valence-electron chi connectivity index (χ0n) is 12.0. The van der Waals surface area contributed by atoms with E-state index < -0.39 is 15.8 Å². The molecule has 6 heteroatoms. The normalized spacial score (nSPS) is 19.5. The molecule has 1 unspecified atom stereocenters. The van der Waals surface area contributed by atoms with Crippen molar-refractivity contribution in [1.82, 2.24) is 8.87 Å². The Morgan fingerprint density at radius 1 is 1.24 bits per heavy atom. The molecule has 1 aromatic heterocycles. The minimum Gasteiger partial charge on any atom is -0.349 e. The first-order chi connectivity index (χ1) is 9.91. The van der Waals surface area contributed by atoms with Crippen LogP contribution in [0.15, 0.2) is 41.4 Å². The fourth-order valence-electron chi connectivity index (χ4n) is 2.82. The third-order valence-corrected chi connectivity index (χ3v) is 5.94. The van der Waals surface area contributed by atoms with E-state index in [9.17, 15) is 12.8 Å². The Hall–Kier alpha value is -1.66. The predicted molar refractivity (Wildman–Crippen MR) is 77.9 cm³/mol. The van der Waals surface area contributed by atoms with Crippen molar-refractivity contribution in [3.05, 3.63) is 53.6 Å². The van der Waals surface area contributed by atoms with Crippen LogP contribution in [-0.2, 0) is 16.6 Å². The van der Waals surface area contributed by atoms with E-state index >= 15 is 0 Å². The summed E-state index contributed by atoms with van der Waals surface area (Å²) >= 11 is 0. The third kappa shape index (κ3) is 2.28. The second kappa shape index (κ2) is 4.96. The summed E-state index contributed by atoms with van der Waals surface area (Å²) in [5.74, 6) is -0.700. The highest BCUT2D eigenvalue weighted by molar-refractivity contribution is 7.89. The van der Waals surface area contributed by atoms with Crippen molar-refractivity contribution in [1.29, 1.82) is 0 Å². The van der Waals surface area contributed by atoms with Crippen LogP contribution in [0.2, 0.25) is 0 Å². The first-order valence-corrected chi connectivity index (χ1v) is 8.28. The maximum atomic E-state index is 14.0. The number of sulfonamides is 1. The van der Waals surface area contributed by atoms with Crippen molar-refractivity contribution in [2.75, 3.05) is 6.54 Å². The van der Waals surface area contributed by atoms with Gasteiger partial charge in [-0.05, 0) is 43.7 Å². The van der Waals surface area contributed by atoms with E-state index in [4.69, 9.17) is 0 Å². The van der Waals surface area contributed by atoms with E-state index in [0.29, 0.717) is 13.1 Å². The number of rotatable bonds is 2. The van der Waals surface area contributed by atoms with Crippen molar-refractivity contribution in [2.45, 2.75) is 31.3 Å². The molecule has 0 saturated heterocycles. The molecule has 3 rings (SSSR count). The quantitative estimate of drug-likeness (QED) is 0.856. The van der Waals surface area contributed by atoms with Crippen LogP contribution in [0.3, 0.4) is 0 Å². The Morgan fingerprint density at radius 3 is 2.76 bits per heavy atom. The van der Waals surface area contributed by atoms with Gasteiger partial charge in [0, 0.05) is 25.0 Å². The highest BCUT2D eigenvalue weighted by Gasteiger charge is 2.35. The van der Waals surface area contributed by atoms with Gasteiger partial charge >= 0.3 is 0 Å². The number of halogens is 1. The summed E-state index contributed by atoms with van der Waals surface area (Å²) < 4.78 is 42.9. The van der Waals surface area contributed by atoms with E-state index in [2.05, 4.69) is 0 Å². The SMILES string of the molecule is Cc1ccc(F)c(S(=O)(=O)N2CCn3cccc3C2C)c1. The van der Waals surface area contributed by atoms with Crippen molar-refractivity contribution in [3.63, 3.8) is 0 Å². The lowest BCUT2D eigenvalue weighted by Gasteiger charge is -2.34. The molecule has 0 N–H and O–H groups in total. The molecule has 1 aliphatic rings. The van der Waals surface area contributed by atoms with Gasteiger partial charge in [-0.3, -0.25) is 0 Å². The zero-order valence-corrected chi connectivity index (χ0v) is 12.8. The molecule has 0 radical (unpaired) electrons. The molecule has 1 atom stereocenters. The maximum absolute atomic E-state index is 14.0. The van der Waals surface area contributed by atoms with Gasteiger partial charge in [-0.25, -0.2) is 12.8 Å². The number of hydrogen-bond acceptors (Lipinski definition) is 2. The number of aromatic nitrogens is 1. The number of benzene rings is 1. The van der Waals surface area contributed by atoms with Gasteiger partial charge in [-0.2, -0.15) is 4.31 Å². The van der Waals surface area contributed by atoms with E-state index in [1.54, 1.807) is 13.0 Å². The Kier molecular flexibility index (Phi) is 3.37. The van der Waals surface area contributed by atoms with Gasteiger partial charge in [0.05, 0.1) is 6.04 Å². The number of hydrogen-bond donors (Lipinski definition) is 0. The summed E-state index contributed by atoms with van der Waals surface area (Å²) in [6, 6.07) is 7.66. The van der Waals surface area contributed by atoms with Crippen LogP contribution >= 0.6 is 0 Å². The third-order valence-electron chi connectivity index (χ3n) is 3.96. The van der Waals surface area contributed by atoms with E-state index in [0.717, 1.165) is 11.3 Å². The van der Waals surface area contributed by atoms with Gasteiger partial charge in [0.25, 0.3) is 0 Å². The highest BCUT2D eigenvalue weighted by atomic mass is 32.2. The van der Waals surface area contributed by atoms with Gasteiger partial charge in [0.2, 0.25) is 10.0 Å². The monoisotopic (exact) mass is 308 g/mol. The van der Waals surface area contributed by atoms with Gasteiger partial charge < -0.3 is 4.57 Å². The summed E-state index contributed by atoms with van der Waals surface area (Å²) in [5, 5.41) is 0. The Morgan fingerprint density at radius 2 is 2.00 bits per heavy atom. The first kappa shape index (κ1) is 14.3. The Labute approximate surface area is 123 Å². The first-order valence-electron chi connectivity index (χ1n) is 6.84. The zero-order chi connectivity index (χ0) is 15.2. The minimum absolute atomic E-state index is 0.241. The van der Waals surface area contributed by atoms with Crippen molar-refractivity contribution in [2.24, 2.45) is 0 Å². The van der Waals surface area contributed by atoms with Crippen LogP contribution in [0.25, 0.3) is 0 Å². The van der Waals surface area contributed by atoms with Gasteiger partial charge in [0.1, 0.15) is 10.7 Å². The summed E-state index contributed by atoms with van der Waals surface area (Å²) in [7, 11) is -3.84. The van der Waals surface area contributed by atoms with Crippen LogP contribution in [0.4, 0.5) is 4.39 Å². The average Bonchev–Trinajstić information content (AvgIpc) is 2.91. The lowest BCUT2D eigenvalue weighted by atomic mass is 10.2. The standard InChI is InChI=1S/C15H17FN2O2S/c1-11-5-6-13(16)15(10-11)21(19,20)18-9-8-17-7-3-4-14(17)12(18)2/h3-7,10,12H,8-9H2,1-2H3. The Balaban J connectivity index is 2.05.